The van der Waals surface area contributed by atoms with E-state index in [0.29, 0.717) is 0 Å². The summed E-state index contributed by atoms with van der Waals surface area (Å²) in [5.74, 6) is 0. The lowest BCUT2D eigenvalue weighted by atomic mass is 10.1. The quantitative estimate of drug-likeness (QED) is 0.363. The number of aromatic nitrogens is 1. The number of thiophene rings is 1. The van der Waals surface area contributed by atoms with Gasteiger partial charge in [0, 0.05) is 47.3 Å². The summed E-state index contributed by atoms with van der Waals surface area (Å²) in [6.07, 6.45) is 4.08. The fourth-order valence-electron chi connectivity index (χ4n) is 4.10. The van der Waals surface area contributed by atoms with E-state index in [2.05, 4.69) is 85.0 Å². The Morgan fingerprint density at radius 1 is 0.967 bits per heavy atom. The van der Waals surface area contributed by atoms with Gasteiger partial charge >= 0.3 is 0 Å². The molecule has 0 aliphatic rings. The fraction of sp³-hybridized carbons (Fsp3) is 0.0370. The molecule has 2 heterocycles. The third-order valence-corrected chi connectivity index (χ3v) is 6.52. The van der Waals surface area contributed by atoms with Crippen LogP contribution in [0.25, 0.3) is 39.7 Å². The van der Waals surface area contributed by atoms with Gasteiger partial charge in [-0.05, 0) is 42.8 Å². The minimum absolute atomic E-state index is 1.03. The molecule has 3 heteroatoms. The van der Waals surface area contributed by atoms with Crippen LogP contribution in [0.2, 0.25) is 0 Å². The standard InChI is InChI=1S/C27H22N2S/c1-4-18-15-22-20(5-2)27(26-17(3)30-25-14-10-9-13-21(25)26)29-24(22)16-23(18)28-19-11-7-6-8-12-19/h4-16,28-29H,1,3H2,2H3/b20-5-,27-26-. The number of fused-ring (bicyclic) bond motifs is 2. The Bertz CT molecular complexity index is 1610. The SMILES string of the molecule is C=Cc1cc2c(=C/C)/c(=c3\c(=C)sc4ccccc34)[nH]c2cc1Nc1ccccc1. The molecule has 0 aliphatic carbocycles. The Balaban J connectivity index is 1.88. The first-order chi connectivity index (χ1) is 14.7. The van der Waals surface area contributed by atoms with E-state index in [-0.39, 0.29) is 0 Å². The lowest BCUT2D eigenvalue weighted by Gasteiger charge is -2.10. The van der Waals surface area contributed by atoms with E-state index in [0.717, 1.165) is 32.3 Å². The number of nitrogens with one attached hydrogen (secondary N) is 2. The highest BCUT2D eigenvalue weighted by atomic mass is 32.1. The van der Waals surface area contributed by atoms with E-state index in [9.17, 15) is 0 Å². The molecule has 30 heavy (non-hydrogen) atoms. The van der Waals surface area contributed by atoms with Crippen LogP contribution in [0.3, 0.4) is 0 Å². The van der Waals surface area contributed by atoms with Crippen LogP contribution in [0.5, 0.6) is 0 Å². The summed E-state index contributed by atoms with van der Waals surface area (Å²) in [5, 5.41) is 9.48. The molecule has 0 bridgehead atoms. The molecule has 0 saturated heterocycles. The van der Waals surface area contributed by atoms with Gasteiger partial charge in [-0.3, -0.25) is 0 Å². The van der Waals surface area contributed by atoms with Crippen LogP contribution in [-0.2, 0) is 0 Å². The van der Waals surface area contributed by atoms with Gasteiger partial charge < -0.3 is 10.3 Å². The smallest absolute Gasteiger partial charge is 0.0555 e. The summed E-state index contributed by atoms with van der Waals surface area (Å²) in [5.41, 5.74) is 4.25. The monoisotopic (exact) mass is 406 g/mol. The number of H-pyrrole nitrogens is 1. The van der Waals surface area contributed by atoms with E-state index in [1.807, 2.05) is 24.3 Å². The van der Waals surface area contributed by atoms with Crippen molar-refractivity contribution in [2.24, 2.45) is 0 Å². The zero-order valence-electron chi connectivity index (χ0n) is 16.8. The van der Waals surface area contributed by atoms with E-state index in [1.165, 1.54) is 25.9 Å². The minimum Gasteiger partial charge on any atom is -0.355 e. The number of hydrogen-bond donors (Lipinski definition) is 2. The molecule has 0 spiro atoms. The number of rotatable bonds is 3. The zero-order valence-corrected chi connectivity index (χ0v) is 17.6. The molecule has 146 valence electrons. The van der Waals surface area contributed by atoms with Gasteiger partial charge in [-0.25, -0.2) is 0 Å². The normalized spacial score (nSPS) is 13.2. The molecule has 0 radical (unpaired) electrons. The molecule has 2 nitrogen and oxygen atoms in total. The third-order valence-electron chi connectivity index (χ3n) is 5.49. The lowest BCUT2D eigenvalue weighted by Crippen LogP contribution is -2.03. The summed E-state index contributed by atoms with van der Waals surface area (Å²) in [6, 6.07) is 23.1. The molecule has 3 aromatic carbocycles. The van der Waals surface area contributed by atoms with Crippen molar-refractivity contribution in [1.29, 1.82) is 0 Å². The van der Waals surface area contributed by atoms with Gasteiger partial charge in [0.25, 0.3) is 0 Å². The van der Waals surface area contributed by atoms with Crippen molar-refractivity contribution in [2.45, 2.75) is 6.92 Å². The van der Waals surface area contributed by atoms with E-state index in [1.54, 1.807) is 11.3 Å². The average Bonchev–Trinajstić information content (AvgIpc) is 3.29. The Labute approximate surface area is 178 Å². The van der Waals surface area contributed by atoms with Gasteiger partial charge in [0.1, 0.15) is 0 Å². The van der Waals surface area contributed by atoms with Crippen LogP contribution in [0, 0.1) is 10.6 Å². The van der Waals surface area contributed by atoms with Gasteiger partial charge in [-0.2, -0.15) is 0 Å². The van der Waals surface area contributed by atoms with Crippen molar-refractivity contribution in [3.63, 3.8) is 0 Å². The second-order valence-corrected chi connectivity index (χ2v) is 8.42. The Hall–Kier alpha value is -3.56. The van der Waals surface area contributed by atoms with Crippen molar-refractivity contribution < 1.29 is 0 Å². The Morgan fingerprint density at radius 2 is 1.73 bits per heavy atom. The fourth-order valence-corrected chi connectivity index (χ4v) is 5.11. The highest BCUT2D eigenvalue weighted by molar-refractivity contribution is 7.17. The van der Waals surface area contributed by atoms with Gasteiger partial charge in [-0.1, -0.05) is 61.7 Å². The first kappa shape index (κ1) is 18.5. The first-order valence-electron chi connectivity index (χ1n) is 9.97. The number of para-hydroxylation sites is 1. The zero-order chi connectivity index (χ0) is 20.7. The van der Waals surface area contributed by atoms with Crippen LogP contribution in [0.15, 0.2) is 73.3 Å². The van der Waals surface area contributed by atoms with Crippen LogP contribution in [0.4, 0.5) is 11.4 Å². The summed E-state index contributed by atoms with van der Waals surface area (Å²) in [7, 11) is 0. The van der Waals surface area contributed by atoms with Crippen molar-refractivity contribution in [3.8, 4) is 0 Å². The summed E-state index contributed by atoms with van der Waals surface area (Å²) in [4.78, 5) is 3.69. The maximum atomic E-state index is 4.34. The van der Waals surface area contributed by atoms with Gasteiger partial charge in [0.15, 0.2) is 0 Å². The van der Waals surface area contributed by atoms with E-state index < -0.39 is 0 Å². The predicted octanol–water partition coefficient (Wildman–Crippen LogP) is 6.27. The van der Waals surface area contributed by atoms with E-state index >= 15 is 0 Å². The molecule has 0 fully saturated rings. The van der Waals surface area contributed by atoms with Crippen molar-refractivity contribution in [1.82, 2.24) is 4.98 Å². The number of anilines is 2. The second kappa shape index (κ2) is 7.36. The molecule has 0 aliphatic heterocycles. The molecule has 2 N–H and O–H groups in total. The van der Waals surface area contributed by atoms with E-state index in [4.69, 9.17) is 0 Å². The molecule has 0 amide bonds. The third kappa shape index (κ3) is 2.95. The first-order valence-corrected chi connectivity index (χ1v) is 10.8. The largest absolute Gasteiger partial charge is 0.355 e. The van der Waals surface area contributed by atoms with Crippen molar-refractivity contribution >= 4 is 62.4 Å². The van der Waals surface area contributed by atoms with Crippen LogP contribution >= 0.6 is 11.3 Å². The molecule has 2 aromatic heterocycles. The molecular weight excluding hydrogens is 384 g/mol. The second-order valence-electron chi connectivity index (χ2n) is 7.28. The van der Waals surface area contributed by atoms with Crippen LogP contribution < -0.4 is 15.1 Å². The predicted molar refractivity (Wildman–Crippen MR) is 133 cm³/mol. The van der Waals surface area contributed by atoms with Gasteiger partial charge in [-0.15, -0.1) is 11.3 Å². The topological polar surface area (TPSA) is 27.8 Å². The molecule has 5 aromatic rings. The van der Waals surface area contributed by atoms with Crippen molar-refractivity contribution in [3.05, 3.63) is 99.2 Å². The number of aromatic amines is 1. The average molecular weight is 407 g/mol. The summed E-state index contributed by atoms with van der Waals surface area (Å²) >= 11 is 1.74. The lowest BCUT2D eigenvalue weighted by molar-refractivity contribution is 1.33. The van der Waals surface area contributed by atoms with Crippen molar-refractivity contribution in [2.75, 3.05) is 5.32 Å². The molecule has 0 atom stereocenters. The van der Waals surface area contributed by atoms with Gasteiger partial charge in [0.05, 0.1) is 5.35 Å². The minimum atomic E-state index is 1.03. The Kier molecular flexibility index (Phi) is 4.53. The summed E-state index contributed by atoms with van der Waals surface area (Å²) < 4.78 is 2.34. The highest BCUT2D eigenvalue weighted by Crippen LogP contribution is 2.26. The van der Waals surface area contributed by atoms with Crippen LogP contribution in [0.1, 0.15) is 12.5 Å². The maximum Gasteiger partial charge on any atom is 0.0555 e. The summed E-state index contributed by atoms with van der Waals surface area (Å²) in [6.45, 7) is 10.5. The molecule has 0 unspecified atom stereocenters. The Morgan fingerprint density at radius 3 is 2.50 bits per heavy atom. The number of hydrogen-bond acceptors (Lipinski definition) is 2. The van der Waals surface area contributed by atoms with Gasteiger partial charge in [0.2, 0.25) is 0 Å². The molecule has 5 rings (SSSR count). The van der Waals surface area contributed by atoms with Crippen LogP contribution in [-0.4, -0.2) is 4.98 Å². The number of benzene rings is 3. The molecule has 0 saturated carbocycles. The maximum absolute atomic E-state index is 4.34. The molecular formula is C27H22N2S. The highest BCUT2D eigenvalue weighted by Gasteiger charge is 2.09.